The zero-order valence-corrected chi connectivity index (χ0v) is 19.6. The number of piperazine rings is 1. The summed E-state index contributed by atoms with van der Waals surface area (Å²) >= 11 is 6.12. The molecule has 2 bridgehead atoms. The Morgan fingerprint density at radius 2 is 1.73 bits per heavy atom. The molecule has 9 nitrogen and oxygen atoms in total. The fourth-order valence-electron chi connectivity index (χ4n) is 4.38. The highest BCUT2D eigenvalue weighted by Crippen LogP contribution is 2.47. The molecule has 0 unspecified atom stereocenters. The van der Waals surface area contributed by atoms with Crippen molar-refractivity contribution in [3.05, 3.63) is 10.7 Å². The van der Waals surface area contributed by atoms with Crippen molar-refractivity contribution in [1.82, 2.24) is 14.9 Å². The average Bonchev–Trinajstić information content (AvgIpc) is 2.73. The van der Waals surface area contributed by atoms with Gasteiger partial charge in [-0.15, -0.1) is 0 Å². The summed E-state index contributed by atoms with van der Waals surface area (Å²) in [5.74, 6) is 0.168. The molecule has 1 aromatic rings. The number of rotatable bonds is 2. The first-order valence-corrected chi connectivity index (χ1v) is 11.8. The number of nitriles is 1. The van der Waals surface area contributed by atoms with Crippen molar-refractivity contribution >= 4 is 33.3 Å². The highest BCUT2D eigenvalue weighted by atomic mass is 35.5. The maximum Gasteiger partial charge on any atom is 0.411 e. The van der Waals surface area contributed by atoms with Crippen molar-refractivity contribution in [1.29, 1.82) is 5.26 Å². The summed E-state index contributed by atoms with van der Waals surface area (Å²) in [5.41, 5.74) is -1.77. The number of nitrogens with zero attached hydrogens (tertiary/aromatic N) is 5. The third kappa shape index (κ3) is 3.93. The fraction of sp³-hybridized carbons (Fsp3) is 0.684. The van der Waals surface area contributed by atoms with Gasteiger partial charge in [-0.25, -0.2) is 18.2 Å². The first kappa shape index (κ1) is 22.6. The molecular weight excluding hydrogens is 430 g/mol. The van der Waals surface area contributed by atoms with Gasteiger partial charge in [-0.2, -0.15) is 10.2 Å². The second-order valence-electron chi connectivity index (χ2n) is 9.55. The van der Waals surface area contributed by atoms with E-state index >= 15 is 0 Å². The van der Waals surface area contributed by atoms with E-state index in [4.69, 9.17) is 16.3 Å². The molecule has 1 amide bonds. The fourth-order valence-corrected chi connectivity index (χ4v) is 5.15. The predicted molar refractivity (Wildman–Crippen MR) is 111 cm³/mol. The largest absolute Gasteiger partial charge is 0.444 e. The smallest absolute Gasteiger partial charge is 0.411 e. The van der Waals surface area contributed by atoms with Crippen molar-refractivity contribution in [3.8, 4) is 6.07 Å². The van der Waals surface area contributed by atoms with Gasteiger partial charge < -0.3 is 9.64 Å². The lowest BCUT2D eigenvalue weighted by atomic mass is 9.95. The summed E-state index contributed by atoms with van der Waals surface area (Å²) < 4.78 is 29.7. The van der Waals surface area contributed by atoms with Crippen molar-refractivity contribution in [2.75, 3.05) is 24.2 Å². The van der Waals surface area contributed by atoms with Crippen LogP contribution in [0.25, 0.3) is 0 Å². The molecule has 0 saturated carbocycles. The molecule has 30 heavy (non-hydrogen) atoms. The van der Waals surface area contributed by atoms with Crippen LogP contribution in [0.1, 0.15) is 53.0 Å². The summed E-state index contributed by atoms with van der Waals surface area (Å²) in [7, 11) is -3.73. The number of carbonyl (C=O) groups is 1. The van der Waals surface area contributed by atoms with Crippen LogP contribution < -0.4 is 4.90 Å². The Morgan fingerprint density at radius 3 is 2.17 bits per heavy atom. The quantitative estimate of drug-likeness (QED) is 0.493. The van der Waals surface area contributed by atoms with Gasteiger partial charge in [0, 0.05) is 19.3 Å². The van der Waals surface area contributed by atoms with Crippen LogP contribution in [0.2, 0.25) is 5.15 Å². The number of anilines is 1. The Kier molecular flexibility index (Phi) is 5.23. The molecule has 2 aliphatic rings. The highest BCUT2D eigenvalue weighted by molar-refractivity contribution is 7.90. The van der Waals surface area contributed by atoms with Crippen molar-refractivity contribution in [2.24, 2.45) is 0 Å². The molecule has 2 saturated heterocycles. The number of halogens is 1. The number of sulfone groups is 1. The number of hydrogen-bond donors (Lipinski definition) is 0. The van der Waals surface area contributed by atoms with E-state index in [1.807, 2.05) is 45.6 Å². The Morgan fingerprint density at radius 1 is 1.20 bits per heavy atom. The van der Waals surface area contributed by atoms with E-state index in [1.54, 1.807) is 4.90 Å². The SMILES string of the molecule is CC(C)(C)OC(=O)N1[C@@]2(C)CC[C@]1(C)CN(c1nc(S(C)(=O)=O)nc(Cl)c1C#N)C2. The van der Waals surface area contributed by atoms with Crippen LogP contribution in [0.4, 0.5) is 10.6 Å². The first-order valence-electron chi connectivity index (χ1n) is 9.56. The van der Waals surface area contributed by atoms with Crippen LogP contribution >= 0.6 is 11.6 Å². The number of amides is 1. The molecular formula is C19H26ClN5O4S. The number of ether oxygens (including phenoxy) is 1. The summed E-state index contributed by atoms with van der Waals surface area (Å²) in [6.07, 6.45) is 2.07. The van der Waals surface area contributed by atoms with Gasteiger partial charge in [0.25, 0.3) is 0 Å². The van der Waals surface area contributed by atoms with E-state index in [9.17, 15) is 18.5 Å². The Labute approximate surface area is 181 Å². The lowest BCUT2D eigenvalue weighted by molar-refractivity contribution is -0.0211. The monoisotopic (exact) mass is 455 g/mol. The molecule has 2 aliphatic heterocycles. The molecule has 0 aromatic carbocycles. The molecule has 0 N–H and O–H groups in total. The van der Waals surface area contributed by atoms with E-state index < -0.39 is 31.7 Å². The molecule has 11 heteroatoms. The van der Waals surface area contributed by atoms with Crippen molar-refractivity contribution in [2.45, 2.75) is 69.3 Å². The van der Waals surface area contributed by atoms with Gasteiger partial charge in [-0.05, 0) is 47.5 Å². The second-order valence-corrected chi connectivity index (χ2v) is 11.8. The Balaban J connectivity index is 2.05. The normalized spacial score (nSPS) is 26.5. The van der Waals surface area contributed by atoms with Crippen molar-refractivity contribution < 1.29 is 17.9 Å². The molecule has 2 atom stereocenters. The lowest BCUT2D eigenvalue weighted by Gasteiger charge is -2.52. The minimum atomic E-state index is -3.73. The predicted octanol–water partition coefficient (Wildman–Crippen LogP) is 2.77. The highest BCUT2D eigenvalue weighted by Gasteiger charge is 2.58. The average molecular weight is 456 g/mol. The molecule has 0 radical (unpaired) electrons. The van der Waals surface area contributed by atoms with Gasteiger partial charge in [0.15, 0.2) is 11.0 Å². The van der Waals surface area contributed by atoms with E-state index in [0.717, 1.165) is 19.1 Å². The molecule has 2 fully saturated rings. The first-order chi connectivity index (χ1) is 13.6. The van der Waals surface area contributed by atoms with E-state index in [0.29, 0.717) is 13.1 Å². The lowest BCUT2D eigenvalue weighted by Crippen LogP contribution is -2.67. The second kappa shape index (κ2) is 6.95. The van der Waals surface area contributed by atoms with Crippen LogP contribution in [0.15, 0.2) is 5.16 Å². The van der Waals surface area contributed by atoms with E-state index in [2.05, 4.69) is 9.97 Å². The maximum absolute atomic E-state index is 13.0. The third-order valence-corrected chi connectivity index (χ3v) is 6.61. The summed E-state index contributed by atoms with van der Waals surface area (Å²) in [6, 6.07) is 1.98. The van der Waals surface area contributed by atoms with Crippen LogP contribution in [-0.2, 0) is 14.6 Å². The number of carbonyl (C=O) groups excluding carboxylic acids is 1. The summed E-state index contributed by atoms with van der Waals surface area (Å²) in [5, 5.41) is 8.95. The molecule has 0 spiro atoms. The van der Waals surface area contributed by atoms with Crippen LogP contribution in [0.3, 0.4) is 0 Å². The molecule has 164 valence electrons. The zero-order chi connectivity index (χ0) is 22.7. The van der Waals surface area contributed by atoms with Crippen LogP contribution in [0.5, 0.6) is 0 Å². The van der Waals surface area contributed by atoms with Gasteiger partial charge in [0.2, 0.25) is 15.0 Å². The molecule has 3 rings (SSSR count). The van der Waals surface area contributed by atoms with Gasteiger partial charge in [0.05, 0.1) is 11.1 Å². The standard InChI is InChI=1S/C19H26ClN5O4S/c1-17(2,3)29-16(26)25-18(4)7-8-19(25,5)11-24(10-18)14-12(9-21)13(20)22-15(23-14)30(6,27)28/h7-8,10-11H2,1-6H3/t18-,19+. The number of hydrogen-bond acceptors (Lipinski definition) is 8. The van der Waals surface area contributed by atoms with Gasteiger partial charge >= 0.3 is 6.09 Å². The van der Waals surface area contributed by atoms with Gasteiger partial charge in [-0.3, -0.25) is 4.90 Å². The number of fused-ring (bicyclic) bond motifs is 2. The molecule has 1 aromatic heterocycles. The maximum atomic E-state index is 13.0. The van der Waals surface area contributed by atoms with Crippen LogP contribution in [0, 0.1) is 11.3 Å². The summed E-state index contributed by atoms with van der Waals surface area (Å²) in [4.78, 5) is 24.6. The van der Waals surface area contributed by atoms with E-state index in [-0.39, 0.29) is 22.6 Å². The number of aromatic nitrogens is 2. The van der Waals surface area contributed by atoms with Crippen LogP contribution in [-0.4, -0.2) is 65.4 Å². The van der Waals surface area contributed by atoms with Crippen molar-refractivity contribution in [3.63, 3.8) is 0 Å². The third-order valence-electron chi connectivity index (χ3n) is 5.49. The Bertz CT molecular complexity index is 1030. The topological polar surface area (TPSA) is 116 Å². The zero-order valence-electron chi connectivity index (χ0n) is 18.0. The Hall–Kier alpha value is -2.12. The minimum absolute atomic E-state index is 0.0152. The summed E-state index contributed by atoms with van der Waals surface area (Å²) in [6.45, 7) is 10.1. The van der Waals surface area contributed by atoms with Gasteiger partial charge in [-0.1, -0.05) is 11.6 Å². The minimum Gasteiger partial charge on any atom is -0.444 e. The molecule has 0 aliphatic carbocycles. The molecule has 3 heterocycles. The van der Waals surface area contributed by atoms with E-state index in [1.165, 1.54) is 0 Å². The van der Waals surface area contributed by atoms with Gasteiger partial charge in [0.1, 0.15) is 17.2 Å².